The lowest BCUT2D eigenvalue weighted by Crippen LogP contribution is -2.25. The molecule has 6 nitrogen and oxygen atoms in total. The number of fused-ring (bicyclic) bond motifs is 2. The van der Waals surface area contributed by atoms with Crippen molar-refractivity contribution in [2.45, 2.75) is 12.7 Å². The van der Waals surface area contributed by atoms with Gasteiger partial charge in [0.2, 0.25) is 0 Å². The molecular weight excluding hydrogens is 499 g/mol. The van der Waals surface area contributed by atoms with E-state index in [2.05, 4.69) is 12.1 Å². The molecule has 0 saturated heterocycles. The zero-order valence-corrected chi connectivity index (χ0v) is 23.0. The summed E-state index contributed by atoms with van der Waals surface area (Å²) >= 11 is 6.37. The molecule has 184 valence electrons. The van der Waals surface area contributed by atoms with Crippen LogP contribution in [0.4, 0.5) is 5.69 Å². The fraction of sp³-hybridized carbons (Fsp3) is 0.269. The molecule has 1 aliphatic carbocycles. The first-order chi connectivity index (χ1) is 16.5. The van der Waals surface area contributed by atoms with E-state index >= 15 is 0 Å². The minimum atomic E-state index is -4.48. The predicted octanol–water partition coefficient (Wildman–Crippen LogP) is 3.84. The van der Waals surface area contributed by atoms with Gasteiger partial charge in [-0.1, -0.05) is 42.1 Å². The van der Waals surface area contributed by atoms with E-state index in [4.69, 9.17) is 16.3 Å². The molecule has 35 heavy (non-hydrogen) atoms. The lowest BCUT2D eigenvalue weighted by Gasteiger charge is -2.36. The van der Waals surface area contributed by atoms with Gasteiger partial charge >= 0.3 is 0 Å². The maximum Gasteiger partial charge on any atom is 0.200 e. The quantitative estimate of drug-likeness (QED) is 0.322. The van der Waals surface area contributed by atoms with E-state index in [0.29, 0.717) is 17.7 Å². The summed E-state index contributed by atoms with van der Waals surface area (Å²) in [5.74, 6) is -0.581. The first-order valence-corrected chi connectivity index (χ1v) is 15.5. The Kier molecular flexibility index (Phi) is 7.06. The van der Waals surface area contributed by atoms with Gasteiger partial charge < -0.3 is 14.0 Å². The van der Waals surface area contributed by atoms with Gasteiger partial charge in [-0.25, -0.2) is 13.0 Å². The highest BCUT2D eigenvalue weighted by Gasteiger charge is 2.39. The number of hydrogen-bond acceptors (Lipinski definition) is 6. The van der Waals surface area contributed by atoms with Crippen LogP contribution in [0, 0.1) is 0 Å². The fourth-order valence-corrected chi connectivity index (χ4v) is 8.84. The van der Waals surface area contributed by atoms with Crippen LogP contribution in [0.25, 0.3) is 5.57 Å². The molecular formula is C26H29N2O4PS2. The zero-order chi connectivity index (χ0) is 25.5. The molecule has 2 aromatic rings. The topological polar surface area (TPSA) is 72.7 Å². The number of allylic oxidation sites excluding steroid dienone is 5. The number of anilines is 1. The van der Waals surface area contributed by atoms with Gasteiger partial charge in [-0.05, 0) is 53.0 Å². The van der Waals surface area contributed by atoms with Crippen molar-refractivity contribution in [2.75, 3.05) is 39.7 Å². The highest BCUT2D eigenvalue weighted by Crippen LogP contribution is 2.63. The second-order valence-electron chi connectivity index (χ2n) is 8.90. The number of benzene rings is 2. The van der Waals surface area contributed by atoms with Crippen LogP contribution in [0.5, 0.6) is 0 Å². The van der Waals surface area contributed by atoms with E-state index in [1.54, 1.807) is 12.1 Å². The van der Waals surface area contributed by atoms with Crippen molar-refractivity contribution >= 4 is 50.5 Å². The SMILES string of the molecule is CCOP1(=S)C2=CC(=[N+](C)C)C=CC2=C(c2ccccc2CS(=O)(=O)[O-])c2ccc(N(C)C)cc21. The predicted molar refractivity (Wildman–Crippen MR) is 147 cm³/mol. The highest BCUT2D eigenvalue weighted by atomic mass is 32.4. The lowest BCUT2D eigenvalue weighted by molar-refractivity contribution is -0.462. The summed E-state index contributed by atoms with van der Waals surface area (Å²) in [6.07, 6.45) is 3.48. The number of rotatable bonds is 6. The molecule has 0 N–H and O–H groups in total. The Morgan fingerprint density at radius 3 is 2.43 bits per heavy atom. The molecule has 2 aliphatic rings. The van der Waals surface area contributed by atoms with E-state index in [-0.39, 0.29) is 0 Å². The van der Waals surface area contributed by atoms with E-state index < -0.39 is 22.1 Å². The van der Waals surface area contributed by atoms with Gasteiger partial charge in [0.25, 0.3) is 0 Å². The van der Waals surface area contributed by atoms with Crippen LogP contribution in [-0.2, 0) is 32.2 Å². The van der Waals surface area contributed by atoms with Crippen molar-refractivity contribution in [1.82, 2.24) is 0 Å². The molecule has 0 saturated carbocycles. The van der Waals surface area contributed by atoms with E-state index in [1.165, 1.54) is 0 Å². The molecule has 4 rings (SSSR count). The maximum atomic E-state index is 11.7. The average Bonchev–Trinajstić information content (AvgIpc) is 2.79. The molecule has 0 amide bonds. The van der Waals surface area contributed by atoms with Crippen molar-refractivity contribution in [3.8, 4) is 0 Å². The Morgan fingerprint density at radius 2 is 1.80 bits per heavy atom. The summed E-state index contributed by atoms with van der Waals surface area (Å²) in [5, 5.41) is 1.86. The van der Waals surface area contributed by atoms with E-state index in [9.17, 15) is 13.0 Å². The average molecular weight is 529 g/mol. The van der Waals surface area contributed by atoms with Crippen molar-refractivity contribution in [1.29, 1.82) is 0 Å². The molecule has 0 fully saturated rings. The van der Waals surface area contributed by atoms with Crippen LogP contribution < -0.4 is 10.2 Å². The largest absolute Gasteiger partial charge is 0.748 e. The maximum absolute atomic E-state index is 11.7. The first-order valence-electron chi connectivity index (χ1n) is 11.2. The van der Waals surface area contributed by atoms with E-state index in [0.717, 1.165) is 38.7 Å². The normalized spacial score (nSPS) is 19.3. The summed E-state index contributed by atoms with van der Waals surface area (Å²) < 4.78 is 43.7. The van der Waals surface area contributed by atoms with Gasteiger partial charge in [-0.15, -0.1) is 0 Å². The van der Waals surface area contributed by atoms with Crippen LogP contribution in [-0.4, -0.2) is 58.1 Å². The minimum absolute atomic E-state index is 0.467. The molecule has 2 aromatic carbocycles. The Hall–Kier alpha value is -2.35. The molecule has 1 heterocycles. The van der Waals surface area contributed by atoms with Crippen LogP contribution in [0.15, 0.2) is 71.6 Å². The second kappa shape index (κ2) is 9.60. The monoisotopic (exact) mass is 528 g/mol. The van der Waals surface area contributed by atoms with Crippen LogP contribution in [0.1, 0.15) is 23.6 Å². The van der Waals surface area contributed by atoms with Crippen LogP contribution in [0.2, 0.25) is 0 Å². The standard InChI is InChI=1S/C26H29N2O4PS2/c1-6-32-33(34)24-15-19(27(2)3)11-13-22(24)26(23-14-12-20(28(4)5)16-25(23)33)21-10-8-7-9-18(21)17-35(29,30)31/h7-16H,6,17H2,1-5H3. The molecule has 0 spiro atoms. The summed E-state index contributed by atoms with van der Waals surface area (Å²) in [6.45, 7) is 2.42. The summed E-state index contributed by atoms with van der Waals surface area (Å²) in [4.78, 5) is 2.02. The molecule has 0 aromatic heterocycles. The lowest BCUT2D eigenvalue weighted by atomic mass is 9.87. The summed E-state index contributed by atoms with van der Waals surface area (Å²) in [7, 11) is 3.44. The van der Waals surface area contributed by atoms with Crippen LogP contribution >= 0.6 is 6.26 Å². The third kappa shape index (κ3) is 4.86. The van der Waals surface area contributed by atoms with Crippen molar-refractivity contribution in [3.05, 3.63) is 88.3 Å². The van der Waals surface area contributed by atoms with Gasteiger partial charge in [0.05, 0.1) is 15.9 Å². The van der Waals surface area contributed by atoms with Gasteiger partial charge in [0, 0.05) is 49.2 Å². The van der Waals surface area contributed by atoms with Crippen molar-refractivity contribution in [2.24, 2.45) is 0 Å². The smallest absolute Gasteiger partial charge is 0.200 e. The minimum Gasteiger partial charge on any atom is -0.748 e. The summed E-state index contributed by atoms with van der Waals surface area (Å²) in [5.41, 5.74) is 5.86. The fourth-order valence-electron chi connectivity index (χ4n) is 4.47. The molecule has 1 atom stereocenters. The molecule has 1 aliphatic heterocycles. The summed E-state index contributed by atoms with van der Waals surface area (Å²) in [6, 6.07) is 13.3. The Labute approximate surface area is 212 Å². The number of nitrogens with zero attached hydrogens (tertiary/aromatic N) is 2. The van der Waals surface area contributed by atoms with Gasteiger partial charge in [0.15, 0.2) is 5.71 Å². The van der Waals surface area contributed by atoms with E-state index in [1.807, 2.05) is 81.0 Å². The molecule has 0 bridgehead atoms. The molecule has 0 radical (unpaired) electrons. The first kappa shape index (κ1) is 25.7. The second-order valence-corrected chi connectivity index (χ2v) is 14.2. The van der Waals surface area contributed by atoms with Gasteiger partial charge in [0.1, 0.15) is 20.4 Å². The van der Waals surface area contributed by atoms with Crippen molar-refractivity contribution in [3.63, 3.8) is 0 Å². The Morgan fingerprint density at radius 1 is 1.09 bits per heavy atom. The highest BCUT2D eigenvalue weighted by molar-refractivity contribution is 8.18. The van der Waals surface area contributed by atoms with Gasteiger partial charge in [-0.2, -0.15) is 0 Å². The zero-order valence-electron chi connectivity index (χ0n) is 20.5. The molecule has 9 heteroatoms. The third-order valence-electron chi connectivity index (χ3n) is 6.10. The van der Waals surface area contributed by atoms with Crippen molar-refractivity contribution < 1.29 is 22.1 Å². The van der Waals surface area contributed by atoms with Gasteiger partial charge in [-0.3, -0.25) is 0 Å². The Bertz CT molecular complexity index is 1480. The van der Waals surface area contributed by atoms with Crippen LogP contribution in [0.3, 0.4) is 0 Å². The third-order valence-corrected chi connectivity index (χ3v) is 10.9. The molecule has 1 unspecified atom stereocenters. The Balaban J connectivity index is 2.14. The number of hydrogen-bond donors (Lipinski definition) is 0.